The molecular weight excluding hydrogens is 327 g/mol. The molecular formula is C14H11IO2. The fourth-order valence-corrected chi connectivity index (χ4v) is 2.00. The van der Waals surface area contributed by atoms with Crippen molar-refractivity contribution in [2.24, 2.45) is 0 Å². The van der Waals surface area contributed by atoms with E-state index in [0.29, 0.717) is 5.56 Å². The van der Waals surface area contributed by atoms with Crippen molar-refractivity contribution in [1.82, 2.24) is 0 Å². The molecule has 0 aliphatic carbocycles. The maximum atomic E-state index is 10.7. The molecule has 0 aliphatic rings. The summed E-state index contributed by atoms with van der Waals surface area (Å²) in [4.78, 5) is 10.7. The summed E-state index contributed by atoms with van der Waals surface area (Å²) in [6.07, 6.45) is 0.853. The van der Waals surface area contributed by atoms with Crippen LogP contribution >= 0.6 is 22.6 Å². The van der Waals surface area contributed by atoms with E-state index in [-0.39, 0.29) is 0 Å². The molecule has 0 atom stereocenters. The van der Waals surface area contributed by atoms with Crippen molar-refractivity contribution in [3.05, 3.63) is 57.2 Å². The van der Waals surface area contributed by atoms with Crippen LogP contribution in [0.25, 0.3) is 0 Å². The van der Waals surface area contributed by atoms with Crippen molar-refractivity contribution >= 4 is 28.9 Å². The van der Waals surface area contributed by atoms with E-state index in [4.69, 9.17) is 4.74 Å². The van der Waals surface area contributed by atoms with Crippen LogP contribution in [0.4, 0.5) is 0 Å². The molecule has 2 aromatic carbocycles. The lowest BCUT2D eigenvalue weighted by atomic mass is 10.1. The Morgan fingerprint density at radius 1 is 1.18 bits per heavy atom. The Bertz CT molecular complexity index is 550. The number of carbonyl (C=O) groups is 1. The zero-order valence-corrected chi connectivity index (χ0v) is 11.5. The number of aryl methyl sites for hydroxylation is 1. The van der Waals surface area contributed by atoms with Gasteiger partial charge in [-0.1, -0.05) is 12.1 Å². The van der Waals surface area contributed by atoms with Gasteiger partial charge in [-0.3, -0.25) is 4.79 Å². The van der Waals surface area contributed by atoms with Crippen LogP contribution in [0.3, 0.4) is 0 Å². The normalized spacial score (nSPS) is 10.0. The van der Waals surface area contributed by atoms with Crippen molar-refractivity contribution < 1.29 is 9.53 Å². The first-order valence-electron chi connectivity index (χ1n) is 5.19. The monoisotopic (exact) mass is 338 g/mol. The molecule has 17 heavy (non-hydrogen) atoms. The highest BCUT2D eigenvalue weighted by Crippen LogP contribution is 2.27. The quantitative estimate of drug-likeness (QED) is 0.619. The summed E-state index contributed by atoms with van der Waals surface area (Å²) in [5.74, 6) is 1.57. The lowest BCUT2D eigenvalue weighted by Gasteiger charge is -2.08. The van der Waals surface area contributed by atoms with Gasteiger partial charge in [-0.15, -0.1) is 0 Å². The molecule has 0 heterocycles. The maximum absolute atomic E-state index is 10.7. The molecule has 2 nitrogen and oxygen atoms in total. The van der Waals surface area contributed by atoms with E-state index in [2.05, 4.69) is 22.6 Å². The lowest BCUT2D eigenvalue weighted by molar-refractivity contribution is 0.112. The highest BCUT2D eigenvalue weighted by Gasteiger charge is 2.03. The third kappa shape index (κ3) is 2.85. The molecule has 0 saturated heterocycles. The first kappa shape index (κ1) is 12.1. The number of carbonyl (C=O) groups excluding carboxylic acids is 1. The van der Waals surface area contributed by atoms with Gasteiger partial charge in [0.2, 0.25) is 0 Å². The second-order valence-corrected chi connectivity index (χ2v) is 4.83. The van der Waals surface area contributed by atoms with E-state index < -0.39 is 0 Å². The minimum atomic E-state index is 0.695. The minimum absolute atomic E-state index is 0.695. The Kier molecular flexibility index (Phi) is 3.78. The van der Waals surface area contributed by atoms with Crippen molar-refractivity contribution in [2.45, 2.75) is 6.92 Å². The first-order chi connectivity index (χ1) is 8.20. The van der Waals surface area contributed by atoms with E-state index in [0.717, 1.165) is 26.9 Å². The fraction of sp³-hybridized carbons (Fsp3) is 0.0714. The van der Waals surface area contributed by atoms with E-state index in [1.54, 1.807) is 12.1 Å². The Morgan fingerprint density at radius 2 is 1.94 bits per heavy atom. The highest BCUT2D eigenvalue weighted by molar-refractivity contribution is 14.1. The van der Waals surface area contributed by atoms with Gasteiger partial charge < -0.3 is 4.74 Å². The van der Waals surface area contributed by atoms with Crippen molar-refractivity contribution in [1.29, 1.82) is 0 Å². The molecule has 0 bridgehead atoms. The highest BCUT2D eigenvalue weighted by atomic mass is 127. The number of halogens is 1. The number of rotatable bonds is 3. The molecule has 2 rings (SSSR count). The SMILES string of the molecule is Cc1cc(Oc2ccccc2I)ccc1C=O. The molecule has 0 amide bonds. The molecule has 0 N–H and O–H groups in total. The number of benzene rings is 2. The second kappa shape index (κ2) is 5.31. The number of ether oxygens (including phenoxy) is 1. The molecule has 3 heteroatoms. The molecule has 0 radical (unpaired) electrons. The van der Waals surface area contributed by atoms with Gasteiger partial charge in [0.15, 0.2) is 0 Å². The second-order valence-electron chi connectivity index (χ2n) is 3.67. The van der Waals surface area contributed by atoms with Crippen LogP contribution in [0.2, 0.25) is 0 Å². The number of para-hydroxylation sites is 1. The van der Waals surface area contributed by atoms with Crippen LogP contribution in [0, 0.1) is 10.5 Å². The third-order valence-electron chi connectivity index (χ3n) is 2.43. The van der Waals surface area contributed by atoms with Gasteiger partial charge in [0.1, 0.15) is 17.8 Å². The molecule has 0 aromatic heterocycles. The van der Waals surface area contributed by atoms with Gasteiger partial charge in [-0.25, -0.2) is 0 Å². The average Bonchev–Trinajstić information content (AvgIpc) is 2.32. The molecule has 86 valence electrons. The van der Waals surface area contributed by atoms with E-state index in [1.165, 1.54) is 0 Å². The topological polar surface area (TPSA) is 26.3 Å². The van der Waals surface area contributed by atoms with Crippen LogP contribution < -0.4 is 4.74 Å². The Hall–Kier alpha value is -1.36. The summed E-state index contributed by atoms with van der Waals surface area (Å²) in [5.41, 5.74) is 1.61. The molecule has 2 aromatic rings. The third-order valence-corrected chi connectivity index (χ3v) is 3.32. The van der Waals surface area contributed by atoms with Gasteiger partial charge in [-0.2, -0.15) is 0 Å². The molecule has 0 aliphatic heterocycles. The largest absolute Gasteiger partial charge is 0.456 e. The van der Waals surface area contributed by atoms with Gasteiger partial charge in [0.05, 0.1) is 3.57 Å². The molecule has 0 spiro atoms. The van der Waals surface area contributed by atoms with Crippen LogP contribution in [-0.2, 0) is 0 Å². The van der Waals surface area contributed by atoms with Crippen LogP contribution in [0.15, 0.2) is 42.5 Å². The lowest BCUT2D eigenvalue weighted by Crippen LogP contribution is -1.90. The number of hydrogen-bond acceptors (Lipinski definition) is 2. The van der Waals surface area contributed by atoms with Crippen LogP contribution in [-0.4, -0.2) is 6.29 Å². The van der Waals surface area contributed by atoms with Crippen LogP contribution in [0.5, 0.6) is 11.5 Å². The van der Waals surface area contributed by atoms with Gasteiger partial charge in [-0.05, 0) is 65.4 Å². The Balaban J connectivity index is 2.28. The summed E-state index contributed by atoms with van der Waals surface area (Å²) in [7, 11) is 0. The van der Waals surface area contributed by atoms with Crippen molar-refractivity contribution in [2.75, 3.05) is 0 Å². The predicted molar refractivity (Wildman–Crippen MR) is 75.8 cm³/mol. The minimum Gasteiger partial charge on any atom is -0.456 e. The maximum Gasteiger partial charge on any atom is 0.150 e. The standard InChI is InChI=1S/C14H11IO2/c1-10-8-12(7-6-11(10)9-16)17-14-5-3-2-4-13(14)15/h2-9H,1H3. The van der Waals surface area contributed by atoms with E-state index in [1.807, 2.05) is 37.3 Å². The average molecular weight is 338 g/mol. The Morgan fingerprint density at radius 3 is 2.59 bits per heavy atom. The summed E-state index contributed by atoms with van der Waals surface area (Å²) in [5, 5.41) is 0. The van der Waals surface area contributed by atoms with E-state index >= 15 is 0 Å². The van der Waals surface area contributed by atoms with Crippen molar-refractivity contribution in [3.8, 4) is 11.5 Å². The summed E-state index contributed by atoms with van der Waals surface area (Å²) in [6, 6.07) is 13.3. The van der Waals surface area contributed by atoms with Gasteiger partial charge in [0, 0.05) is 5.56 Å². The van der Waals surface area contributed by atoms with Gasteiger partial charge >= 0.3 is 0 Å². The zero-order chi connectivity index (χ0) is 12.3. The summed E-state index contributed by atoms with van der Waals surface area (Å²) in [6.45, 7) is 1.90. The van der Waals surface area contributed by atoms with Crippen LogP contribution in [0.1, 0.15) is 15.9 Å². The van der Waals surface area contributed by atoms with Crippen molar-refractivity contribution in [3.63, 3.8) is 0 Å². The Labute approximate surface area is 114 Å². The summed E-state index contributed by atoms with van der Waals surface area (Å²) < 4.78 is 6.82. The fourth-order valence-electron chi connectivity index (χ4n) is 1.50. The molecule has 0 saturated carbocycles. The smallest absolute Gasteiger partial charge is 0.150 e. The molecule has 0 unspecified atom stereocenters. The van der Waals surface area contributed by atoms with Gasteiger partial charge in [0.25, 0.3) is 0 Å². The summed E-state index contributed by atoms with van der Waals surface area (Å²) >= 11 is 2.23. The number of hydrogen-bond donors (Lipinski definition) is 0. The predicted octanol–water partition coefficient (Wildman–Crippen LogP) is 4.20. The first-order valence-corrected chi connectivity index (χ1v) is 6.27. The zero-order valence-electron chi connectivity index (χ0n) is 9.31. The van der Waals surface area contributed by atoms with E-state index in [9.17, 15) is 4.79 Å². The number of aldehydes is 1. The molecule has 0 fully saturated rings.